The highest BCUT2D eigenvalue weighted by Crippen LogP contribution is 2.20. The fourth-order valence-corrected chi connectivity index (χ4v) is 3.09. The van der Waals surface area contributed by atoms with E-state index in [1.165, 1.54) is 24.3 Å². The molecule has 0 aromatic heterocycles. The van der Waals surface area contributed by atoms with Gasteiger partial charge in [0.25, 0.3) is 5.91 Å². The van der Waals surface area contributed by atoms with Gasteiger partial charge in [0.1, 0.15) is 5.82 Å². The van der Waals surface area contributed by atoms with Crippen LogP contribution in [0.5, 0.6) is 0 Å². The van der Waals surface area contributed by atoms with Crippen LogP contribution in [0.25, 0.3) is 0 Å². The van der Waals surface area contributed by atoms with Gasteiger partial charge in [-0.2, -0.15) is 0 Å². The first kappa shape index (κ1) is 18.8. The fourth-order valence-electron chi connectivity index (χ4n) is 3.09. The Morgan fingerprint density at radius 1 is 1.00 bits per heavy atom. The molecule has 1 heterocycles. The van der Waals surface area contributed by atoms with E-state index in [4.69, 9.17) is 4.74 Å². The SMILES string of the molecule is O=C(COC(=O)C1CCCN(C(=O)c2ccc(F)cc2)C1)c1ccccc1. The van der Waals surface area contributed by atoms with Crippen LogP contribution in [0.3, 0.4) is 0 Å². The molecule has 1 aliphatic rings. The molecule has 1 aliphatic heterocycles. The van der Waals surface area contributed by atoms with Gasteiger partial charge in [0.2, 0.25) is 0 Å². The Bertz CT molecular complexity index is 820. The molecular formula is C21H20FNO4. The predicted octanol–water partition coefficient (Wildman–Crippen LogP) is 3.10. The van der Waals surface area contributed by atoms with Gasteiger partial charge in [-0.1, -0.05) is 30.3 Å². The van der Waals surface area contributed by atoms with E-state index in [0.717, 1.165) is 0 Å². The van der Waals surface area contributed by atoms with Crippen molar-refractivity contribution >= 4 is 17.7 Å². The van der Waals surface area contributed by atoms with E-state index in [-0.39, 0.29) is 24.8 Å². The Hall–Kier alpha value is -3.02. The highest BCUT2D eigenvalue weighted by atomic mass is 19.1. The number of halogens is 1. The third-order valence-corrected chi connectivity index (χ3v) is 4.57. The first-order chi connectivity index (χ1) is 13.0. The molecule has 2 aromatic carbocycles. The topological polar surface area (TPSA) is 63.7 Å². The number of hydrogen-bond acceptors (Lipinski definition) is 4. The lowest BCUT2D eigenvalue weighted by Crippen LogP contribution is -2.43. The number of nitrogens with zero attached hydrogens (tertiary/aromatic N) is 1. The van der Waals surface area contributed by atoms with Crippen molar-refractivity contribution in [1.82, 2.24) is 4.90 Å². The summed E-state index contributed by atoms with van der Waals surface area (Å²) in [5.41, 5.74) is 0.867. The van der Waals surface area contributed by atoms with E-state index in [2.05, 4.69) is 0 Å². The number of Topliss-reactive ketones (excluding diaryl/α,β-unsaturated/α-hetero) is 1. The number of ketones is 1. The van der Waals surface area contributed by atoms with E-state index >= 15 is 0 Å². The van der Waals surface area contributed by atoms with Crippen LogP contribution in [0.2, 0.25) is 0 Å². The van der Waals surface area contributed by atoms with Crippen LogP contribution >= 0.6 is 0 Å². The number of carbonyl (C=O) groups is 3. The van der Waals surface area contributed by atoms with E-state index in [9.17, 15) is 18.8 Å². The Kier molecular flexibility index (Phi) is 5.96. The molecule has 1 atom stereocenters. The molecule has 3 rings (SSSR count). The van der Waals surface area contributed by atoms with Gasteiger partial charge >= 0.3 is 5.97 Å². The number of esters is 1. The van der Waals surface area contributed by atoms with Crippen LogP contribution in [-0.2, 0) is 9.53 Å². The largest absolute Gasteiger partial charge is 0.457 e. The number of amides is 1. The van der Waals surface area contributed by atoms with Gasteiger partial charge in [0.05, 0.1) is 5.92 Å². The number of likely N-dealkylation sites (tertiary alicyclic amines) is 1. The summed E-state index contributed by atoms with van der Waals surface area (Å²) in [6, 6.07) is 14.0. The van der Waals surface area contributed by atoms with Crippen molar-refractivity contribution in [2.45, 2.75) is 12.8 Å². The van der Waals surface area contributed by atoms with Crippen molar-refractivity contribution in [2.24, 2.45) is 5.92 Å². The molecule has 2 aromatic rings. The molecule has 140 valence electrons. The first-order valence-electron chi connectivity index (χ1n) is 8.84. The van der Waals surface area contributed by atoms with E-state index in [1.54, 1.807) is 35.2 Å². The lowest BCUT2D eigenvalue weighted by atomic mass is 9.97. The average molecular weight is 369 g/mol. The van der Waals surface area contributed by atoms with Gasteiger partial charge in [-0.25, -0.2) is 4.39 Å². The number of hydrogen-bond donors (Lipinski definition) is 0. The van der Waals surface area contributed by atoms with Crippen LogP contribution in [-0.4, -0.2) is 42.3 Å². The second-order valence-corrected chi connectivity index (χ2v) is 6.49. The van der Waals surface area contributed by atoms with Crippen molar-refractivity contribution in [2.75, 3.05) is 19.7 Å². The lowest BCUT2D eigenvalue weighted by Gasteiger charge is -2.31. The Balaban J connectivity index is 1.55. The summed E-state index contributed by atoms with van der Waals surface area (Å²) in [7, 11) is 0. The summed E-state index contributed by atoms with van der Waals surface area (Å²) < 4.78 is 18.2. The molecule has 1 saturated heterocycles. The van der Waals surface area contributed by atoms with Crippen molar-refractivity contribution < 1.29 is 23.5 Å². The Morgan fingerprint density at radius 2 is 1.70 bits per heavy atom. The van der Waals surface area contributed by atoms with Gasteiger partial charge in [-0.05, 0) is 37.1 Å². The van der Waals surface area contributed by atoms with Crippen LogP contribution < -0.4 is 0 Å². The zero-order valence-electron chi connectivity index (χ0n) is 14.8. The van der Waals surface area contributed by atoms with Crippen molar-refractivity contribution in [1.29, 1.82) is 0 Å². The van der Waals surface area contributed by atoms with E-state index < -0.39 is 17.7 Å². The summed E-state index contributed by atoms with van der Waals surface area (Å²) in [6.45, 7) is 0.447. The monoisotopic (exact) mass is 369 g/mol. The maximum absolute atomic E-state index is 13.0. The van der Waals surface area contributed by atoms with Gasteiger partial charge < -0.3 is 9.64 Å². The normalized spacial score (nSPS) is 16.6. The number of ether oxygens (including phenoxy) is 1. The molecule has 6 heteroatoms. The van der Waals surface area contributed by atoms with Gasteiger partial charge in [-0.3, -0.25) is 14.4 Å². The molecule has 1 fully saturated rings. The number of rotatable bonds is 5. The number of carbonyl (C=O) groups excluding carboxylic acids is 3. The van der Waals surface area contributed by atoms with Crippen molar-refractivity contribution in [3.05, 3.63) is 71.5 Å². The molecule has 0 radical (unpaired) electrons. The molecule has 0 spiro atoms. The molecule has 5 nitrogen and oxygen atoms in total. The minimum absolute atomic E-state index is 0.231. The maximum atomic E-state index is 13.0. The van der Waals surface area contributed by atoms with Crippen LogP contribution in [0.15, 0.2) is 54.6 Å². The predicted molar refractivity (Wildman–Crippen MR) is 96.8 cm³/mol. The van der Waals surface area contributed by atoms with Crippen LogP contribution in [0.1, 0.15) is 33.6 Å². The van der Waals surface area contributed by atoms with Crippen molar-refractivity contribution in [3.63, 3.8) is 0 Å². The van der Waals surface area contributed by atoms with Crippen LogP contribution in [0.4, 0.5) is 4.39 Å². The van der Waals surface area contributed by atoms with Gasteiger partial charge in [0.15, 0.2) is 12.4 Å². The van der Waals surface area contributed by atoms with E-state index in [1.807, 2.05) is 0 Å². The minimum Gasteiger partial charge on any atom is -0.457 e. The average Bonchev–Trinajstić information content (AvgIpc) is 2.72. The Labute approximate surface area is 156 Å². The summed E-state index contributed by atoms with van der Waals surface area (Å²) in [4.78, 5) is 38.5. The standard InChI is InChI=1S/C21H20FNO4/c22-18-10-8-16(9-11-18)20(25)23-12-4-7-17(13-23)21(26)27-14-19(24)15-5-2-1-3-6-15/h1-3,5-6,8-11,17H,4,7,12-14H2. The zero-order chi connectivity index (χ0) is 19.2. The summed E-state index contributed by atoms with van der Waals surface area (Å²) >= 11 is 0. The quantitative estimate of drug-likeness (QED) is 0.600. The second kappa shape index (κ2) is 8.58. The molecule has 1 amide bonds. The smallest absolute Gasteiger partial charge is 0.311 e. The Morgan fingerprint density at radius 3 is 2.41 bits per heavy atom. The van der Waals surface area contributed by atoms with E-state index in [0.29, 0.717) is 30.5 Å². The summed E-state index contributed by atoms with van der Waals surface area (Å²) in [5, 5.41) is 0. The second-order valence-electron chi connectivity index (χ2n) is 6.49. The molecule has 27 heavy (non-hydrogen) atoms. The summed E-state index contributed by atoms with van der Waals surface area (Å²) in [5.74, 6) is -1.86. The highest BCUT2D eigenvalue weighted by Gasteiger charge is 2.30. The van der Waals surface area contributed by atoms with Gasteiger partial charge in [-0.15, -0.1) is 0 Å². The minimum atomic E-state index is -0.476. The maximum Gasteiger partial charge on any atom is 0.311 e. The molecule has 0 bridgehead atoms. The van der Waals surface area contributed by atoms with Crippen molar-refractivity contribution in [3.8, 4) is 0 Å². The molecule has 0 N–H and O–H groups in total. The first-order valence-corrected chi connectivity index (χ1v) is 8.84. The lowest BCUT2D eigenvalue weighted by molar-refractivity contribution is -0.148. The number of piperidine rings is 1. The molecular weight excluding hydrogens is 349 g/mol. The molecule has 0 saturated carbocycles. The molecule has 0 aliphatic carbocycles. The number of benzene rings is 2. The third-order valence-electron chi connectivity index (χ3n) is 4.57. The highest BCUT2D eigenvalue weighted by molar-refractivity contribution is 5.98. The summed E-state index contributed by atoms with van der Waals surface area (Å²) in [6.07, 6.45) is 1.27. The third kappa shape index (κ3) is 4.78. The molecule has 1 unspecified atom stereocenters. The fraction of sp³-hybridized carbons (Fsp3) is 0.286. The zero-order valence-corrected chi connectivity index (χ0v) is 14.8. The van der Waals surface area contributed by atoms with Gasteiger partial charge in [0, 0.05) is 24.2 Å². The van der Waals surface area contributed by atoms with Crippen LogP contribution in [0, 0.1) is 11.7 Å².